The predicted octanol–water partition coefficient (Wildman–Crippen LogP) is 4.61. The highest BCUT2D eigenvalue weighted by atomic mass is 19.1. The maximum absolute atomic E-state index is 13.4. The number of nitrogens with two attached hydrogens (primary N) is 1. The van der Waals surface area contributed by atoms with Crippen molar-refractivity contribution >= 4 is 22.5 Å². The second-order valence-electron chi connectivity index (χ2n) is 8.55. The second kappa shape index (κ2) is 7.03. The summed E-state index contributed by atoms with van der Waals surface area (Å²) in [4.78, 5) is 15.2. The first-order valence-electron chi connectivity index (χ1n) is 10.3. The molecule has 1 saturated heterocycles. The Morgan fingerprint density at radius 1 is 0.968 bits per heavy atom. The maximum Gasteiger partial charge on any atom is 0.234 e. The van der Waals surface area contributed by atoms with Crippen molar-refractivity contribution in [3.8, 4) is 5.69 Å². The van der Waals surface area contributed by atoms with Crippen LogP contribution in [-0.2, 0) is 4.79 Å². The first kappa shape index (κ1) is 19.5. The average Bonchev–Trinajstić information content (AvgIpc) is 3.27. The van der Waals surface area contributed by atoms with Gasteiger partial charge in [-0.15, -0.1) is 0 Å². The number of hydrogen-bond donors (Lipinski definition) is 1. The van der Waals surface area contributed by atoms with Crippen LogP contribution in [0.15, 0.2) is 79.0 Å². The molecule has 2 atom stereocenters. The van der Waals surface area contributed by atoms with E-state index >= 15 is 0 Å². The fraction of sp³-hybridized carbons (Fsp3) is 0.200. The molecule has 0 saturated carbocycles. The summed E-state index contributed by atoms with van der Waals surface area (Å²) in [5.74, 6) is -0.292. The molecule has 0 bridgehead atoms. The molecule has 1 aliphatic heterocycles. The van der Waals surface area contributed by atoms with Crippen molar-refractivity contribution in [3.05, 3.63) is 90.4 Å². The topological polar surface area (TPSA) is 64.2 Å². The van der Waals surface area contributed by atoms with E-state index in [9.17, 15) is 9.18 Å². The van der Waals surface area contributed by atoms with Crippen LogP contribution in [0.5, 0.6) is 0 Å². The van der Waals surface area contributed by atoms with Crippen LogP contribution < -0.4 is 10.6 Å². The number of amides is 1. The van der Waals surface area contributed by atoms with Gasteiger partial charge in [-0.2, -0.15) is 5.10 Å². The van der Waals surface area contributed by atoms with E-state index in [2.05, 4.69) is 5.10 Å². The number of halogens is 1. The van der Waals surface area contributed by atoms with Crippen molar-refractivity contribution < 1.29 is 9.18 Å². The summed E-state index contributed by atoms with van der Waals surface area (Å²) >= 11 is 0. The molecule has 1 fully saturated rings. The largest absolute Gasteiger partial charge is 0.325 e. The highest BCUT2D eigenvalue weighted by Gasteiger charge is 2.53. The lowest BCUT2D eigenvalue weighted by Gasteiger charge is -2.27. The number of carbonyl (C=O) groups excluding carboxylic acids is 1. The molecule has 1 aromatic heterocycles. The van der Waals surface area contributed by atoms with E-state index < -0.39 is 5.41 Å². The van der Waals surface area contributed by atoms with Gasteiger partial charge in [0.15, 0.2) is 0 Å². The third-order valence-electron chi connectivity index (χ3n) is 6.26. The van der Waals surface area contributed by atoms with Gasteiger partial charge in [-0.25, -0.2) is 9.07 Å². The van der Waals surface area contributed by atoms with E-state index in [1.165, 1.54) is 12.1 Å². The first-order valence-corrected chi connectivity index (χ1v) is 10.3. The fourth-order valence-electron chi connectivity index (χ4n) is 4.38. The molecule has 0 spiro atoms. The molecular weight excluding hydrogens is 391 g/mol. The quantitative estimate of drug-likeness (QED) is 0.533. The Balaban J connectivity index is 1.60. The minimum absolute atomic E-state index is 0.000806. The molecule has 6 heteroatoms. The van der Waals surface area contributed by atoms with Crippen LogP contribution in [0.25, 0.3) is 16.6 Å². The number of rotatable bonds is 3. The van der Waals surface area contributed by atoms with E-state index in [-0.39, 0.29) is 23.8 Å². The van der Waals surface area contributed by atoms with Crippen LogP contribution in [0.1, 0.15) is 25.5 Å². The predicted molar refractivity (Wildman–Crippen MR) is 119 cm³/mol. The van der Waals surface area contributed by atoms with Gasteiger partial charge >= 0.3 is 0 Å². The third-order valence-corrected chi connectivity index (χ3v) is 6.26. The zero-order chi connectivity index (χ0) is 21.8. The lowest BCUT2D eigenvalue weighted by molar-refractivity contribution is -0.124. The molecule has 0 aliphatic carbocycles. The Kier molecular flexibility index (Phi) is 4.41. The summed E-state index contributed by atoms with van der Waals surface area (Å²) in [6, 6.07) is 21.3. The molecule has 1 unspecified atom stereocenters. The molecule has 1 aliphatic rings. The van der Waals surface area contributed by atoms with Crippen molar-refractivity contribution in [1.82, 2.24) is 9.78 Å². The molecule has 4 aromatic rings. The van der Waals surface area contributed by atoms with Crippen molar-refractivity contribution in [2.24, 2.45) is 11.1 Å². The van der Waals surface area contributed by atoms with Crippen LogP contribution >= 0.6 is 0 Å². The zero-order valence-electron chi connectivity index (χ0n) is 17.4. The highest BCUT2D eigenvalue weighted by molar-refractivity contribution is 6.03. The normalized spacial score (nSPS) is 20.5. The van der Waals surface area contributed by atoms with Crippen LogP contribution in [0.3, 0.4) is 0 Å². The van der Waals surface area contributed by atoms with Gasteiger partial charge in [-0.1, -0.05) is 30.3 Å². The SMILES string of the molecule is CC1(C)C(=O)N(c2ccc3c(cnn3-c3ccc(F)cc3)c2)C(c2ccccc2)[C@@H]1N. The molecule has 3 aromatic carbocycles. The van der Waals surface area contributed by atoms with Crippen LogP contribution in [0.4, 0.5) is 10.1 Å². The fourth-order valence-corrected chi connectivity index (χ4v) is 4.38. The van der Waals surface area contributed by atoms with Crippen molar-refractivity contribution in [1.29, 1.82) is 0 Å². The van der Waals surface area contributed by atoms with Crippen LogP contribution in [0, 0.1) is 11.2 Å². The summed E-state index contributed by atoms with van der Waals surface area (Å²) in [6.45, 7) is 3.81. The number of carbonyl (C=O) groups is 1. The minimum atomic E-state index is -0.687. The molecule has 0 radical (unpaired) electrons. The van der Waals surface area contributed by atoms with Crippen LogP contribution in [-0.4, -0.2) is 21.7 Å². The Bertz CT molecular complexity index is 1260. The molecule has 2 N–H and O–H groups in total. The van der Waals surface area contributed by atoms with Gasteiger partial charge in [0.2, 0.25) is 5.91 Å². The number of anilines is 1. The molecule has 5 nitrogen and oxygen atoms in total. The number of nitrogens with zero attached hydrogens (tertiary/aromatic N) is 3. The van der Waals surface area contributed by atoms with Crippen molar-refractivity contribution in [2.75, 3.05) is 4.90 Å². The maximum atomic E-state index is 13.4. The molecule has 31 heavy (non-hydrogen) atoms. The minimum Gasteiger partial charge on any atom is -0.325 e. The smallest absolute Gasteiger partial charge is 0.234 e. The Morgan fingerprint density at radius 2 is 1.65 bits per heavy atom. The third kappa shape index (κ3) is 3.02. The summed E-state index contributed by atoms with van der Waals surface area (Å²) in [7, 11) is 0. The Morgan fingerprint density at radius 3 is 2.35 bits per heavy atom. The lowest BCUT2D eigenvalue weighted by atomic mass is 9.83. The van der Waals surface area contributed by atoms with E-state index in [4.69, 9.17) is 5.73 Å². The molecule has 2 heterocycles. The molecular formula is C25H23FN4O. The summed E-state index contributed by atoms with van der Waals surface area (Å²) in [6.07, 6.45) is 1.76. The molecule has 5 rings (SSSR count). The van der Waals surface area contributed by atoms with Crippen molar-refractivity contribution in [3.63, 3.8) is 0 Å². The van der Waals surface area contributed by atoms with Gasteiger partial charge in [0.1, 0.15) is 5.82 Å². The standard InChI is InChI=1S/C25H23FN4O/c1-25(2)23(27)22(16-6-4-3-5-7-16)29(24(25)31)20-12-13-21-17(14-20)15-28-30(21)19-10-8-18(26)9-11-19/h3-15,22-23H,27H2,1-2H3/t22?,23-/m0/s1. The zero-order valence-corrected chi connectivity index (χ0v) is 17.4. The van der Waals surface area contributed by atoms with Gasteiger partial charge in [-0.05, 0) is 61.9 Å². The van der Waals surface area contributed by atoms with Gasteiger partial charge in [0.05, 0.1) is 28.9 Å². The molecule has 1 amide bonds. The molecule has 156 valence electrons. The van der Waals surface area contributed by atoms with Gasteiger partial charge in [0.25, 0.3) is 0 Å². The Labute approximate surface area is 179 Å². The average molecular weight is 414 g/mol. The lowest BCUT2D eigenvalue weighted by Crippen LogP contribution is -2.38. The number of aromatic nitrogens is 2. The monoisotopic (exact) mass is 414 g/mol. The summed E-state index contributed by atoms with van der Waals surface area (Å²) < 4.78 is 15.1. The van der Waals surface area contributed by atoms with Gasteiger partial charge in [-0.3, -0.25) is 4.79 Å². The summed E-state index contributed by atoms with van der Waals surface area (Å²) in [5.41, 5.74) is 9.36. The second-order valence-corrected chi connectivity index (χ2v) is 8.55. The van der Waals surface area contributed by atoms with Gasteiger partial charge < -0.3 is 10.6 Å². The summed E-state index contributed by atoms with van der Waals surface area (Å²) in [5, 5.41) is 5.36. The van der Waals surface area contributed by atoms with E-state index in [1.54, 1.807) is 23.0 Å². The van der Waals surface area contributed by atoms with Crippen LogP contribution in [0.2, 0.25) is 0 Å². The number of hydrogen-bond acceptors (Lipinski definition) is 3. The van der Waals surface area contributed by atoms with Gasteiger partial charge in [0, 0.05) is 17.1 Å². The van der Waals surface area contributed by atoms with E-state index in [1.807, 2.05) is 67.3 Å². The van der Waals surface area contributed by atoms with Crippen molar-refractivity contribution in [2.45, 2.75) is 25.9 Å². The first-order chi connectivity index (χ1) is 14.9. The van der Waals surface area contributed by atoms with E-state index in [0.29, 0.717) is 0 Å². The number of benzene rings is 3. The highest BCUT2D eigenvalue weighted by Crippen LogP contribution is 2.45. The van der Waals surface area contributed by atoms with E-state index in [0.717, 1.165) is 27.8 Å². The Hall–Kier alpha value is -3.51. The number of fused-ring (bicyclic) bond motifs is 1.